The molecule has 4 rings (SSSR count). The molecule has 126 valence electrons. The first-order valence-corrected chi connectivity index (χ1v) is 8.89. The first-order valence-electron chi connectivity index (χ1n) is 8.89. The molecule has 2 aliphatic carbocycles. The molecule has 1 N–H and O–H groups in total. The lowest BCUT2D eigenvalue weighted by molar-refractivity contribution is -0.125. The van der Waals surface area contributed by atoms with E-state index in [4.69, 9.17) is 4.52 Å². The highest BCUT2D eigenvalue weighted by molar-refractivity contribution is 5.85. The molecule has 1 unspecified atom stereocenters. The van der Waals surface area contributed by atoms with E-state index in [0.717, 1.165) is 44.9 Å². The van der Waals surface area contributed by atoms with E-state index in [1.807, 2.05) is 6.07 Å². The van der Waals surface area contributed by atoms with Crippen molar-refractivity contribution in [2.24, 2.45) is 0 Å². The number of aryl methyl sites for hydroxylation is 2. The lowest BCUT2D eigenvalue weighted by Gasteiger charge is -2.31. The Hall–Kier alpha value is -2.17. The summed E-state index contributed by atoms with van der Waals surface area (Å²) in [6.07, 6.45) is 6.95. The average molecular weight is 325 g/mol. The quantitative estimate of drug-likeness (QED) is 0.939. The molecule has 0 aliphatic heterocycles. The van der Waals surface area contributed by atoms with Crippen molar-refractivity contribution in [3.63, 3.8) is 0 Å². The zero-order valence-electron chi connectivity index (χ0n) is 14.0. The van der Waals surface area contributed by atoms with E-state index in [9.17, 15) is 4.79 Å². The minimum absolute atomic E-state index is 0.0691. The number of amides is 1. The Morgan fingerprint density at radius 3 is 2.79 bits per heavy atom. The fourth-order valence-corrected chi connectivity index (χ4v) is 4.23. The normalized spacial score (nSPS) is 22.1. The van der Waals surface area contributed by atoms with Crippen LogP contribution >= 0.6 is 0 Å². The van der Waals surface area contributed by atoms with Crippen molar-refractivity contribution in [2.75, 3.05) is 0 Å². The van der Waals surface area contributed by atoms with Crippen LogP contribution in [0.25, 0.3) is 0 Å². The van der Waals surface area contributed by atoms with E-state index in [0.29, 0.717) is 11.7 Å². The molecule has 24 heavy (non-hydrogen) atoms. The van der Waals surface area contributed by atoms with Crippen molar-refractivity contribution in [1.29, 1.82) is 0 Å². The molecule has 2 aromatic rings. The molecule has 1 atom stereocenters. The highest BCUT2D eigenvalue weighted by atomic mass is 16.5. The second-order valence-electron chi connectivity index (χ2n) is 7.06. The Morgan fingerprint density at radius 2 is 2.04 bits per heavy atom. The van der Waals surface area contributed by atoms with Crippen LogP contribution in [0, 0.1) is 6.92 Å². The van der Waals surface area contributed by atoms with E-state index in [-0.39, 0.29) is 11.8 Å². The first-order chi connectivity index (χ1) is 11.7. The van der Waals surface area contributed by atoms with Gasteiger partial charge in [0.2, 0.25) is 11.8 Å². The van der Waals surface area contributed by atoms with E-state index >= 15 is 0 Å². The topological polar surface area (TPSA) is 68.0 Å². The van der Waals surface area contributed by atoms with Gasteiger partial charge in [-0.05, 0) is 43.2 Å². The van der Waals surface area contributed by atoms with Gasteiger partial charge in [-0.1, -0.05) is 42.3 Å². The molecule has 2 aliphatic rings. The number of fused-ring (bicyclic) bond motifs is 1. The maximum Gasteiger partial charge on any atom is 0.228 e. The third-order valence-corrected chi connectivity index (χ3v) is 5.46. The van der Waals surface area contributed by atoms with E-state index in [1.165, 1.54) is 11.1 Å². The zero-order valence-corrected chi connectivity index (χ0v) is 14.0. The molecular weight excluding hydrogens is 302 g/mol. The molecule has 1 amide bonds. The Bertz CT molecular complexity index is 747. The van der Waals surface area contributed by atoms with Crippen molar-refractivity contribution in [3.8, 4) is 0 Å². The van der Waals surface area contributed by atoms with Gasteiger partial charge in [0.1, 0.15) is 5.54 Å². The van der Waals surface area contributed by atoms with Crippen molar-refractivity contribution in [3.05, 3.63) is 47.1 Å². The number of nitrogens with zero attached hydrogens (tertiary/aromatic N) is 2. The highest BCUT2D eigenvalue weighted by Gasteiger charge is 2.42. The van der Waals surface area contributed by atoms with Gasteiger partial charge in [0.15, 0.2) is 5.82 Å². The number of aromatic nitrogens is 2. The van der Waals surface area contributed by atoms with Gasteiger partial charge in [-0.2, -0.15) is 4.98 Å². The van der Waals surface area contributed by atoms with Gasteiger partial charge < -0.3 is 9.84 Å². The molecule has 0 radical (unpaired) electrons. The van der Waals surface area contributed by atoms with Gasteiger partial charge in [-0.15, -0.1) is 0 Å². The van der Waals surface area contributed by atoms with Crippen molar-refractivity contribution in [1.82, 2.24) is 15.5 Å². The molecule has 0 bridgehead atoms. The van der Waals surface area contributed by atoms with Gasteiger partial charge in [0.25, 0.3) is 0 Å². The van der Waals surface area contributed by atoms with Crippen LogP contribution < -0.4 is 5.32 Å². The molecule has 1 aromatic heterocycles. The highest BCUT2D eigenvalue weighted by Crippen LogP contribution is 2.39. The molecule has 0 spiro atoms. The number of hydrogen-bond donors (Lipinski definition) is 1. The van der Waals surface area contributed by atoms with Crippen LogP contribution in [0.4, 0.5) is 0 Å². The first kappa shape index (κ1) is 15.4. The Kier molecular flexibility index (Phi) is 3.87. The maximum absolute atomic E-state index is 13.1. The Morgan fingerprint density at radius 1 is 1.25 bits per heavy atom. The van der Waals surface area contributed by atoms with Gasteiger partial charge in [-0.25, -0.2) is 0 Å². The monoisotopic (exact) mass is 325 g/mol. The number of hydrogen-bond acceptors (Lipinski definition) is 4. The zero-order chi connectivity index (χ0) is 16.6. The summed E-state index contributed by atoms with van der Waals surface area (Å²) in [5, 5.41) is 7.42. The van der Waals surface area contributed by atoms with Gasteiger partial charge in [0.05, 0.1) is 5.92 Å². The molecule has 1 aromatic carbocycles. The minimum atomic E-state index is -0.457. The fourth-order valence-electron chi connectivity index (χ4n) is 4.23. The van der Waals surface area contributed by atoms with Crippen LogP contribution in [0.1, 0.15) is 67.3 Å². The predicted molar refractivity (Wildman–Crippen MR) is 89.4 cm³/mol. The van der Waals surface area contributed by atoms with E-state index in [2.05, 4.69) is 33.7 Å². The van der Waals surface area contributed by atoms with Crippen LogP contribution in [-0.4, -0.2) is 16.0 Å². The third kappa shape index (κ3) is 2.62. The molecule has 1 heterocycles. The smallest absolute Gasteiger partial charge is 0.228 e. The number of nitrogens with one attached hydrogen (secondary N) is 1. The maximum atomic E-state index is 13.1. The van der Waals surface area contributed by atoms with Gasteiger partial charge in [0, 0.05) is 6.92 Å². The molecule has 1 saturated carbocycles. The summed E-state index contributed by atoms with van der Waals surface area (Å²) in [5.41, 5.74) is 2.03. The largest absolute Gasteiger partial charge is 0.343 e. The van der Waals surface area contributed by atoms with Crippen LogP contribution in [0.3, 0.4) is 0 Å². The average Bonchev–Trinajstić information content (AvgIpc) is 3.24. The second kappa shape index (κ2) is 6.04. The summed E-state index contributed by atoms with van der Waals surface area (Å²) in [6, 6.07) is 8.32. The number of benzene rings is 1. The Labute approximate surface area is 141 Å². The predicted octanol–water partition coefficient (Wildman–Crippen LogP) is 3.38. The van der Waals surface area contributed by atoms with Crippen molar-refractivity contribution < 1.29 is 9.32 Å². The number of rotatable bonds is 3. The lowest BCUT2D eigenvalue weighted by atomic mass is 9.81. The molecule has 1 fully saturated rings. The molecule has 5 nitrogen and oxygen atoms in total. The molecule has 5 heteroatoms. The van der Waals surface area contributed by atoms with Crippen molar-refractivity contribution in [2.45, 2.75) is 63.3 Å². The van der Waals surface area contributed by atoms with Crippen LogP contribution in [0.5, 0.6) is 0 Å². The van der Waals surface area contributed by atoms with Gasteiger partial charge in [-0.3, -0.25) is 4.79 Å². The number of carbonyl (C=O) groups is 1. The standard InChI is InChI=1S/C19H23N3O2/c1-13-20-18(22-24-13)19(11-4-5-12-19)21-17(23)16-10-6-8-14-7-2-3-9-15(14)16/h2-3,7,9,16H,4-6,8,10-12H2,1H3,(H,21,23). The summed E-state index contributed by atoms with van der Waals surface area (Å²) in [4.78, 5) is 17.5. The fraction of sp³-hybridized carbons (Fsp3) is 0.526. The van der Waals surface area contributed by atoms with Crippen molar-refractivity contribution >= 4 is 5.91 Å². The van der Waals surface area contributed by atoms with Crippen LogP contribution in [-0.2, 0) is 16.8 Å². The number of carbonyl (C=O) groups excluding carboxylic acids is 1. The van der Waals surface area contributed by atoms with Crippen LogP contribution in [0.15, 0.2) is 28.8 Å². The van der Waals surface area contributed by atoms with E-state index < -0.39 is 5.54 Å². The summed E-state index contributed by atoms with van der Waals surface area (Å²) < 4.78 is 5.17. The summed E-state index contributed by atoms with van der Waals surface area (Å²) >= 11 is 0. The lowest BCUT2D eigenvalue weighted by Crippen LogP contribution is -2.47. The molecule has 0 saturated heterocycles. The third-order valence-electron chi connectivity index (χ3n) is 5.46. The van der Waals surface area contributed by atoms with E-state index in [1.54, 1.807) is 6.92 Å². The molecular formula is C19H23N3O2. The second-order valence-corrected chi connectivity index (χ2v) is 7.06. The summed E-state index contributed by atoms with van der Waals surface area (Å²) in [5.74, 6) is 1.22. The van der Waals surface area contributed by atoms with Gasteiger partial charge >= 0.3 is 0 Å². The minimum Gasteiger partial charge on any atom is -0.343 e. The summed E-state index contributed by atoms with van der Waals surface area (Å²) in [6.45, 7) is 1.79. The Balaban J connectivity index is 1.61. The summed E-state index contributed by atoms with van der Waals surface area (Å²) in [7, 11) is 0. The van der Waals surface area contributed by atoms with Crippen LogP contribution in [0.2, 0.25) is 0 Å². The SMILES string of the molecule is Cc1nc(C2(NC(=O)C3CCCc4ccccc43)CCCC2)no1.